The zero-order chi connectivity index (χ0) is 27.6. The lowest BCUT2D eigenvalue weighted by Gasteiger charge is -2.39. The molecule has 0 aliphatic carbocycles. The molecule has 0 radical (unpaired) electrons. The van der Waals surface area contributed by atoms with Crippen LogP contribution in [0.5, 0.6) is 0 Å². The van der Waals surface area contributed by atoms with Crippen molar-refractivity contribution in [3.05, 3.63) is 133 Å². The molecule has 0 saturated carbocycles. The van der Waals surface area contributed by atoms with E-state index in [0.29, 0.717) is 0 Å². The lowest BCUT2D eigenvalue weighted by atomic mass is 9.93. The summed E-state index contributed by atoms with van der Waals surface area (Å²) in [6, 6.07) is 42.7. The standard InChI is InChI=1S/C34H29N3O3/c1-36-33(39)31(32(38)35-34(36)40)26-17-19-28(20-18-26)37-29(24-13-7-3-8-14-24)21-27(23-11-5-2-6-12-23)22-30(37)25-15-9-4-10-16-25/h2-22,31-33,38-39H,1H3/p+1. The topological polar surface area (TPSA) is 76.7 Å². The van der Waals surface area contributed by atoms with Crippen molar-refractivity contribution in [2.24, 2.45) is 0 Å². The maximum atomic E-state index is 12.0. The molecule has 3 N–H and O–H groups in total. The van der Waals surface area contributed by atoms with Crippen LogP contribution >= 0.6 is 0 Å². The summed E-state index contributed by atoms with van der Waals surface area (Å²) in [5.74, 6) is -0.690. The summed E-state index contributed by atoms with van der Waals surface area (Å²) in [5, 5.41) is 23.8. The number of nitrogens with zero attached hydrogens (tertiary/aromatic N) is 2. The second-order valence-electron chi connectivity index (χ2n) is 9.98. The van der Waals surface area contributed by atoms with E-state index < -0.39 is 24.4 Å². The molecular formula is C34H30N3O3+. The average Bonchev–Trinajstić information content (AvgIpc) is 3.01. The Morgan fingerprint density at radius 2 is 1.12 bits per heavy atom. The fourth-order valence-corrected chi connectivity index (χ4v) is 5.36. The summed E-state index contributed by atoms with van der Waals surface area (Å²) in [7, 11) is 1.51. The molecule has 1 saturated heterocycles. The van der Waals surface area contributed by atoms with E-state index in [0.717, 1.165) is 44.9 Å². The summed E-state index contributed by atoms with van der Waals surface area (Å²) in [6.45, 7) is 0. The Morgan fingerprint density at radius 1 is 0.650 bits per heavy atom. The minimum absolute atomic E-state index is 0.512. The van der Waals surface area contributed by atoms with E-state index in [1.54, 1.807) is 0 Å². The zero-order valence-corrected chi connectivity index (χ0v) is 22.1. The Morgan fingerprint density at radius 3 is 1.62 bits per heavy atom. The van der Waals surface area contributed by atoms with Gasteiger partial charge < -0.3 is 20.4 Å². The second-order valence-corrected chi connectivity index (χ2v) is 9.98. The molecule has 0 spiro atoms. The molecule has 1 fully saturated rings. The van der Waals surface area contributed by atoms with Crippen molar-refractivity contribution in [3.63, 3.8) is 0 Å². The first kappa shape index (κ1) is 25.5. The van der Waals surface area contributed by atoms with Gasteiger partial charge >= 0.3 is 6.03 Å². The fraction of sp³-hybridized carbons (Fsp3) is 0.118. The highest BCUT2D eigenvalue weighted by molar-refractivity contribution is 5.76. The molecule has 1 aromatic heterocycles. The van der Waals surface area contributed by atoms with Crippen LogP contribution < -0.4 is 9.88 Å². The first-order valence-electron chi connectivity index (χ1n) is 13.3. The molecule has 2 amide bonds. The predicted octanol–water partition coefficient (Wildman–Crippen LogP) is 5.34. The molecule has 40 heavy (non-hydrogen) atoms. The summed E-state index contributed by atoms with van der Waals surface area (Å²) in [6.07, 6.45) is -2.34. The number of urea groups is 1. The Balaban J connectivity index is 1.54. The van der Waals surface area contributed by atoms with E-state index in [2.05, 4.69) is 58.4 Å². The number of amides is 2. The zero-order valence-electron chi connectivity index (χ0n) is 22.1. The number of aliphatic hydroxyl groups excluding tert-OH is 2. The number of aliphatic hydroxyl groups is 2. The molecule has 6 rings (SSSR count). The SMILES string of the molecule is CN1C(=O)NC(O)C(c2ccc(-[n+]3c(-c4ccccc4)cc(-c4ccccc4)cc3-c3ccccc3)cc2)C1O. The number of rotatable bonds is 5. The summed E-state index contributed by atoms with van der Waals surface area (Å²) >= 11 is 0. The Labute approximate surface area is 233 Å². The normalized spacial score (nSPS) is 18.8. The predicted molar refractivity (Wildman–Crippen MR) is 155 cm³/mol. The molecule has 1 aliphatic heterocycles. The summed E-state index contributed by atoms with van der Waals surface area (Å²) in [4.78, 5) is 13.2. The van der Waals surface area contributed by atoms with Crippen LogP contribution in [0.25, 0.3) is 39.3 Å². The molecule has 0 bridgehead atoms. The van der Waals surface area contributed by atoms with E-state index in [-0.39, 0.29) is 0 Å². The van der Waals surface area contributed by atoms with Crippen molar-refractivity contribution < 1.29 is 19.6 Å². The van der Waals surface area contributed by atoms with Crippen molar-refractivity contribution in [3.8, 4) is 39.3 Å². The smallest absolute Gasteiger partial charge is 0.321 e. The van der Waals surface area contributed by atoms with Gasteiger partial charge in [0.05, 0.1) is 5.92 Å². The van der Waals surface area contributed by atoms with E-state index in [9.17, 15) is 15.0 Å². The third kappa shape index (κ3) is 4.75. The molecule has 6 heteroatoms. The summed E-state index contributed by atoms with van der Waals surface area (Å²) < 4.78 is 2.24. The number of carbonyl (C=O) groups excluding carboxylic acids is 1. The van der Waals surface area contributed by atoms with Gasteiger partial charge in [0.15, 0.2) is 0 Å². The molecule has 2 heterocycles. The van der Waals surface area contributed by atoms with Gasteiger partial charge in [0, 0.05) is 42.4 Å². The molecule has 3 atom stereocenters. The van der Waals surface area contributed by atoms with Crippen LogP contribution in [-0.2, 0) is 0 Å². The van der Waals surface area contributed by atoms with Crippen LogP contribution in [0.2, 0.25) is 0 Å². The quantitative estimate of drug-likeness (QED) is 0.270. The van der Waals surface area contributed by atoms with Crippen molar-refractivity contribution >= 4 is 6.03 Å². The molecule has 1 aliphatic rings. The largest absolute Gasteiger partial charge is 0.373 e. The fourth-order valence-electron chi connectivity index (χ4n) is 5.36. The highest BCUT2D eigenvalue weighted by Gasteiger charge is 2.39. The van der Waals surface area contributed by atoms with Gasteiger partial charge in [-0.15, -0.1) is 0 Å². The van der Waals surface area contributed by atoms with E-state index in [1.165, 1.54) is 11.9 Å². The van der Waals surface area contributed by atoms with Crippen molar-refractivity contribution in [2.75, 3.05) is 7.05 Å². The number of pyridine rings is 1. The van der Waals surface area contributed by atoms with Crippen LogP contribution in [0.4, 0.5) is 4.79 Å². The molecule has 198 valence electrons. The average molecular weight is 529 g/mol. The second kappa shape index (κ2) is 10.8. The van der Waals surface area contributed by atoms with Gasteiger partial charge in [0.1, 0.15) is 12.5 Å². The highest BCUT2D eigenvalue weighted by Crippen LogP contribution is 2.32. The van der Waals surface area contributed by atoms with Gasteiger partial charge in [-0.3, -0.25) is 0 Å². The van der Waals surface area contributed by atoms with Gasteiger partial charge in [-0.1, -0.05) is 78.9 Å². The van der Waals surface area contributed by atoms with Gasteiger partial charge in [-0.2, -0.15) is 4.57 Å². The van der Waals surface area contributed by atoms with Gasteiger partial charge in [-0.05, 0) is 41.0 Å². The van der Waals surface area contributed by atoms with Crippen LogP contribution in [-0.4, -0.2) is 40.6 Å². The third-order valence-electron chi connectivity index (χ3n) is 7.50. The molecule has 4 aromatic carbocycles. The maximum absolute atomic E-state index is 12.0. The van der Waals surface area contributed by atoms with E-state index in [1.807, 2.05) is 78.9 Å². The number of nitrogens with one attached hydrogen (secondary N) is 1. The van der Waals surface area contributed by atoms with Crippen LogP contribution in [0.15, 0.2) is 127 Å². The number of aromatic nitrogens is 1. The molecular weight excluding hydrogens is 498 g/mol. The van der Waals surface area contributed by atoms with E-state index >= 15 is 0 Å². The van der Waals surface area contributed by atoms with Crippen molar-refractivity contribution in [2.45, 2.75) is 18.4 Å². The lowest BCUT2D eigenvalue weighted by Crippen LogP contribution is -2.59. The first-order valence-corrected chi connectivity index (χ1v) is 13.3. The van der Waals surface area contributed by atoms with E-state index in [4.69, 9.17) is 0 Å². The first-order chi connectivity index (χ1) is 19.5. The van der Waals surface area contributed by atoms with Crippen molar-refractivity contribution in [1.82, 2.24) is 10.2 Å². The Hall–Kier alpha value is -4.78. The molecule has 6 nitrogen and oxygen atoms in total. The number of likely N-dealkylation sites (N-methyl/N-ethyl adjacent to an activating group) is 1. The minimum Gasteiger partial charge on any atom is -0.373 e. The lowest BCUT2D eigenvalue weighted by molar-refractivity contribution is -0.572. The Bertz CT molecular complexity index is 1560. The molecule has 5 aromatic rings. The van der Waals surface area contributed by atoms with Gasteiger partial charge in [0.2, 0.25) is 17.1 Å². The van der Waals surface area contributed by atoms with Crippen LogP contribution in [0.3, 0.4) is 0 Å². The number of hydrogen-bond acceptors (Lipinski definition) is 3. The highest BCUT2D eigenvalue weighted by atomic mass is 16.3. The minimum atomic E-state index is -1.19. The van der Waals surface area contributed by atoms with Crippen LogP contribution in [0, 0.1) is 0 Å². The third-order valence-corrected chi connectivity index (χ3v) is 7.50. The number of hydrogen-bond donors (Lipinski definition) is 3. The monoisotopic (exact) mass is 528 g/mol. The number of carbonyl (C=O) groups is 1. The maximum Gasteiger partial charge on any atom is 0.321 e. The van der Waals surface area contributed by atoms with Crippen molar-refractivity contribution in [1.29, 1.82) is 0 Å². The van der Waals surface area contributed by atoms with Crippen LogP contribution in [0.1, 0.15) is 11.5 Å². The van der Waals surface area contributed by atoms with Gasteiger partial charge in [0.25, 0.3) is 0 Å². The summed E-state index contributed by atoms with van der Waals surface area (Å²) in [5.41, 5.74) is 8.09. The number of benzene rings is 4. The Kier molecular flexibility index (Phi) is 6.86. The van der Waals surface area contributed by atoms with Gasteiger partial charge in [-0.25, -0.2) is 4.79 Å². The molecule has 3 unspecified atom stereocenters.